The third-order valence-electron chi connectivity index (χ3n) is 3.06. The van der Waals surface area contributed by atoms with Crippen molar-refractivity contribution in [2.24, 2.45) is 0 Å². The maximum absolute atomic E-state index is 11.9. The Morgan fingerprint density at radius 1 is 1.25 bits per heavy atom. The number of pyridine rings is 1. The lowest BCUT2D eigenvalue weighted by atomic mass is 10.3. The van der Waals surface area contributed by atoms with Crippen LogP contribution in [0.4, 0.5) is 0 Å². The van der Waals surface area contributed by atoms with Crippen LogP contribution in [-0.2, 0) is 13.0 Å². The Morgan fingerprint density at radius 2 is 2.20 bits per heavy atom. The molecule has 4 nitrogen and oxygen atoms in total. The van der Waals surface area contributed by atoms with Gasteiger partial charge in [-0.3, -0.25) is 9.20 Å². The second-order valence-corrected chi connectivity index (χ2v) is 5.55. The van der Waals surface area contributed by atoms with Crippen LogP contribution in [0.25, 0.3) is 5.65 Å². The van der Waals surface area contributed by atoms with E-state index in [0.29, 0.717) is 12.2 Å². The Morgan fingerprint density at radius 3 is 3.05 bits per heavy atom. The number of aromatic nitrogens is 2. The molecule has 0 atom stereocenters. The van der Waals surface area contributed by atoms with Gasteiger partial charge < -0.3 is 5.32 Å². The van der Waals surface area contributed by atoms with Crippen molar-refractivity contribution in [2.45, 2.75) is 13.0 Å². The topological polar surface area (TPSA) is 46.4 Å². The normalized spacial score (nSPS) is 11.0. The van der Waals surface area contributed by atoms with Gasteiger partial charge in [-0.15, -0.1) is 11.3 Å². The molecular weight excluding hydrogens is 270 g/mol. The van der Waals surface area contributed by atoms with Crippen LogP contribution in [-0.4, -0.2) is 15.9 Å². The van der Waals surface area contributed by atoms with Crippen molar-refractivity contribution in [3.05, 3.63) is 68.9 Å². The minimum absolute atomic E-state index is 0.0364. The summed E-state index contributed by atoms with van der Waals surface area (Å²) in [6, 6.07) is 11.3. The zero-order valence-corrected chi connectivity index (χ0v) is 11.8. The van der Waals surface area contributed by atoms with E-state index in [4.69, 9.17) is 0 Å². The number of hydrogen-bond donors (Lipinski definition) is 1. The van der Waals surface area contributed by atoms with Gasteiger partial charge in [0.25, 0.3) is 5.56 Å². The van der Waals surface area contributed by atoms with E-state index in [1.165, 1.54) is 4.88 Å². The molecule has 0 aromatic carbocycles. The SMILES string of the molecule is O=c1cc(CNCCc2cccs2)nc2ccccn12. The molecule has 3 rings (SSSR count). The number of fused-ring (bicyclic) bond motifs is 1. The third-order valence-corrected chi connectivity index (χ3v) is 3.99. The van der Waals surface area contributed by atoms with E-state index >= 15 is 0 Å². The average Bonchev–Trinajstić information content (AvgIpc) is 2.97. The second kappa shape index (κ2) is 5.98. The van der Waals surface area contributed by atoms with Crippen molar-refractivity contribution < 1.29 is 0 Å². The molecule has 0 radical (unpaired) electrons. The van der Waals surface area contributed by atoms with Gasteiger partial charge in [-0.1, -0.05) is 12.1 Å². The zero-order valence-electron chi connectivity index (χ0n) is 11.0. The highest BCUT2D eigenvalue weighted by molar-refractivity contribution is 7.09. The third kappa shape index (κ3) is 2.95. The Balaban J connectivity index is 1.64. The largest absolute Gasteiger partial charge is 0.311 e. The molecule has 3 heterocycles. The minimum atomic E-state index is -0.0364. The van der Waals surface area contributed by atoms with E-state index < -0.39 is 0 Å². The fraction of sp³-hybridized carbons (Fsp3) is 0.200. The highest BCUT2D eigenvalue weighted by Gasteiger charge is 2.01. The smallest absolute Gasteiger partial charge is 0.258 e. The van der Waals surface area contributed by atoms with Crippen LogP contribution >= 0.6 is 11.3 Å². The summed E-state index contributed by atoms with van der Waals surface area (Å²) in [5, 5.41) is 5.41. The number of nitrogens with zero attached hydrogens (tertiary/aromatic N) is 2. The maximum Gasteiger partial charge on any atom is 0.258 e. The van der Waals surface area contributed by atoms with E-state index in [0.717, 1.165) is 18.7 Å². The molecule has 0 fully saturated rings. The second-order valence-electron chi connectivity index (χ2n) is 4.52. The van der Waals surface area contributed by atoms with Gasteiger partial charge >= 0.3 is 0 Å². The van der Waals surface area contributed by atoms with Crippen LogP contribution in [0.3, 0.4) is 0 Å². The van der Waals surface area contributed by atoms with Crippen LogP contribution < -0.4 is 10.9 Å². The first-order chi connectivity index (χ1) is 9.83. The molecule has 0 unspecified atom stereocenters. The number of hydrogen-bond acceptors (Lipinski definition) is 4. The summed E-state index contributed by atoms with van der Waals surface area (Å²) in [5.74, 6) is 0. The average molecular weight is 285 g/mol. The van der Waals surface area contributed by atoms with Crippen molar-refractivity contribution in [1.82, 2.24) is 14.7 Å². The van der Waals surface area contributed by atoms with Crippen molar-refractivity contribution >= 4 is 17.0 Å². The highest BCUT2D eigenvalue weighted by Crippen LogP contribution is 2.08. The van der Waals surface area contributed by atoms with Gasteiger partial charge in [0.15, 0.2) is 0 Å². The summed E-state index contributed by atoms with van der Waals surface area (Å²) < 4.78 is 1.55. The lowest BCUT2D eigenvalue weighted by Crippen LogP contribution is -2.21. The molecule has 3 aromatic rings. The van der Waals surface area contributed by atoms with Crippen molar-refractivity contribution in [2.75, 3.05) is 6.54 Å². The minimum Gasteiger partial charge on any atom is -0.311 e. The van der Waals surface area contributed by atoms with Gasteiger partial charge in [-0.25, -0.2) is 4.98 Å². The number of rotatable bonds is 5. The van der Waals surface area contributed by atoms with Crippen LogP contribution in [0.2, 0.25) is 0 Å². The summed E-state index contributed by atoms with van der Waals surface area (Å²) >= 11 is 1.76. The molecular formula is C15H15N3OS. The van der Waals surface area contributed by atoms with Crippen LogP contribution in [0.5, 0.6) is 0 Å². The van der Waals surface area contributed by atoms with Gasteiger partial charge in [0.2, 0.25) is 0 Å². The quantitative estimate of drug-likeness (QED) is 0.730. The van der Waals surface area contributed by atoms with Crippen molar-refractivity contribution in [1.29, 1.82) is 0 Å². The Hall–Kier alpha value is -1.98. The number of nitrogens with one attached hydrogen (secondary N) is 1. The molecule has 0 saturated carbocycles. The van der Waals surface area contributed by atoms with E-state index in [1.54, 1.807) is 28.0 Å². The van der Waals surface area contributed by atoms with Crippen LogP contribution in [0.1, 0.15) is 10.6 Å². The molecule has 20 heavy (non-hydrogen) atoms. The first-order valence-electron chi connectivity index (χ1n) is 6.53. The molecule has 3 aromatic heterocycles. The van der Waals surface area contributed by atoms with Crippen LogP contribution in [0, 0.1) is 0 Å². The predicted octanol–water partition coefficient (Wildman–Crippen LogP) is 2.09. The lowest BCUT2D eigenvalue weighted by molar-refractivity contribution is 0.676. The molecule has 0 saturated heterocycles. The fourth-order valence-corrected chi connectivity index (χ4v) is 2.79. The fourth-order valence-electron chi connectivity index (χ4n) is 2.08. The molecule has 0 aliphatic rings. The first-order valence-corrected chi connectivity index (χ1v) is 7.41. The predicted molar refractivity (Wildman–Crippen MR) is 81.2 cm³/mol. The molecule has 0 bridgehead atoms. The molecule has 5 heteroatoms. The van der Waals surface area contributed by atoms with Crippen LogP contribution in [0.15, 0.2) is 52.8 Å². The first kappa shape index (κ1) is 13.0. The Bertz CT molecular complexity index is 749. The highest BCUT2D eigenvalue weighted by atomic mass is 32.1. The van der Waals surface area contributed by atoms with E-state index in [2.05, 4.69) is 27.8 Å². The van der Waals surface area contributed by atoms with Gasteiger partial charge in [0.1, 0.15) is 5.65 Å². The summed E-state index contributed by atoms with van der Waals surface area (Å²) in [4.78, 5) is 17.8. The summed E-state index contributed by atoms with van der Waals surface area (Å²) in [5.41, 5.74) is 1.44. The molecule has 0 aliphatic heterocycles. The summed E-state index contributed by atoms with van der Waals surface area (Å²) in [6.07, 6.45) is 2.74. The molecule has 0 amide bonds. The molecule has 1 N–H and O–H groups in total. The van der Waals surface area contributed by atoms with Gasteiger partial charge in [0.05, 0.1) is 5.69 Å². The maximum atomic E-state index is 11.9. The Labute approximate surface area is 120 Å². The number of thiophene rings is 1. The van der Waals surface area contributed by atoms with Crippen molar-refractivity contribution in [3.8, 4) is 0 Å². The zero-order chi connectivity index (χ0) is 13.8. The summed E-state index contributed by atoms with van der Waals surface area (Å²) in [6.45, 7) is 1.50. The lowest BCUT2D eigenvalue weighted by Gasteiger charge is -2.05. The summed E-state index contributed by atoms with van der Waals surface area (Å²) in [7, 11) is 0. The standard InChI is InChI=1S/C15H15N3OS/c19-15-10-12(17-14-5-1-2-8-18(14)15)11-16-7-6-13-4-3-9-20-13/h1-5,8-10,16H,6-7,11H2. The van der Waals surface area contributed by atoms with E-state index in [1.807, 2.05) is 18.2 Å². The van der Waals surface area contributed by atoms with E-state index in [9.17, 15) is 4.79 Å². The Kier molecular flexibility index (Phi) is 3.90. The monoisotopic (exact) mass is 285 g/mol. The molecule has 0 aliphatic carbocycles. The van der Waals surface area contributed by atoms with Gasteiger partial charge in [0, 0.05) is 30.2 Å². The van der Waals surface area contributed by atoms with E-state index in [-0.39, 0.29) is 5.56 Å². The van der Waals surface area contributed by atoms with Gasteiger partial charge in [-0.2, -0.15) is 0 Å². The molecule has 0 spiro atoms. The molecule has 102 valence electrons. The van der Waals surface area contributed by atoms with Crippen molar-refractivity contribution in [3.63, 3.8) is 0 Å². The van der Waals surface area contributed by atoms with Gasteiger partial charge in [-0.05, 0) is 30.0 Å².